The SMILES string of the molecule is COc1cncc(C)c1C.Cc1cccnc1C.Cc1ccnc(Cl)c1C.Cc1ccncc1C.Cc1ccsc1C.Cc1cncc(Cl)c1C.Cc1cncc(F)c1C.Cc1cncnc1C. The molecule has 8 heterocycles. The number of rotatable bonds is 1. The van der Waals surface area contributed by atoms with Crippen molar-refractivity contribution in [3.63, 3.8) is 0 Å². The van der Waals surface area contributed by atoms with Crippen LogP contribution in [-0.2, 0) is 0 Å². The summed E-state index contributed by atoms with van der Waals surface area (Å²) in [6.45, 7) is 32.0. The lowest BCUT2D eigenvalue weighted by Crippen LogP contribution is -1.90. The molecule has 0 unspecified atom stereocenters. The van der Waals surface area contributed by atoms with Crippen LogP contribution in [0.15, 0.2) is 110 Å². The van der Waals surface area contributed by atoms with Crippen molar-refractivity contribution in [1.82, 2.24) is 39.9 Å². The van der Waals surface area contributed by atoms with Crippen LogP contribution in [0.1, 0.15) is 88.6 Å². The molecule has 0 fully saturated rings. The molecule has 0 N–H and O–H groups in total. The van der Waals surface area contributed by atoms with Gasteiger partial charge in [0, 0.05) is 72.0 Å². The van der Waals surface area contributed by atoms with Gasteiger partial charge in [-0.05, 0) is 213 Å². The predicted molar refractivity (Wildman–Crippen MR) is 284 cm³/mol. The summed E-state index contributed by atoms with van der Waals surface area (Å²) in [5.41, 5.74) is 17.0. The lowest BCUT2D eigenvalue weighted by atomic mass is 10.2. The Morgan fingerprint density at radius 1 is 0.441 bits per heavy atom. The first kappa shape index (κ1) is 60.0. The molecule has 0 aliphatic carbocycles. The molecule has 0 bridgehead atoms. The van der Waals surface area contributed by atoms with Crippen molar-refractivity contribution in [1.29, 1.82) is 0 Å². The highest BCUT2D eigenvalue weighted by Gasteiger charge is 2.00. The average Bonchev–Trinajstić information content (AvgIpc) is 3.70. The predicted octanol–water partition coefficient (Wildman–Crippen LogP) is 15.1. The van der Waals surface area contributed by atoms with Crippen LogP contribution < -0.4 is 4.74 Å². The molecule has 13 heteroatoms. The summed E-state index contributed by atoms with van der Waals surface area (Å²) in [5, 5.41) is 3.47. The highest BCUT2D eigenvalue weighted by Crippen LogP contribution is 2.18. The summed E-state index contributed by atoms with van der Waals surface area (Å²) in [5.74, 6) is 0.634. The quantitative estimate of drug-likeness (QED) is 0.148. The number of ether oxygens (including phenoxy) is 1. The van der Waals surface area contributed by atoms with E-state index in [9.17, 15) is 4.39 Å². The number of pyridine rings is 6. The molecule has 362 valence electrons. The third-order valence-corrected chi connectivity index (χ3v) is 12.4. The minimum atomic E-state index is -0.227. The normalized spacial score (nSPS) is 9.47. The molecule has 68 heavy (non-hydrogen) atoms. The van der Waals surface area contributed by atoms with Gasteiger partial charge in [0.1, 0.15) is 23.0 Å². The van der Waals surface area contributed by atoms with Gasteiger partial charge in [-0.2, -0.15) is 0 Å². The molecule has 8 aromatic rings. The van der Waals surface area contributed by atoms with Crippen molar-refractivity contribution in [2.45, 2.75) is 111 Å². The molecule has 0 aliphatic heterocycles. The van der Waals surface area contributed by atoms with Crippen LogP contribution in [-0.4, -0.2) is 47.0 Å². The smallest absolute Gasteiger partial charge is 0.144 e. The molecule has 8 rings (SSSR count). The summed E-state index contributed by atoms with van der Waals surface area (Å²) in [6.07, 6.45) is 20.5. The Balaban J connectivity index is 0.000000389. The Morgan fingerprint density at radius 2 is 1.00 bits per heavy atom. The fourth-order valence-corrected chi connectivity index (χ4v) is 5.76. The minimum absolute atomic E-state index is 0.227. The first-order chi connectivity index (χ1) is 32.1. The summed E-state index contributed by atoms with van der Waals surface area (Å²) in [6, 6.07) is 10.1. The highest BCUT2D eigenvalue weighted by atomic mass is 35.5. The van der Waals surface area contributed by atoms with Gasteiger partial charge in [-0.15, -0.1) is 11.3 Å². The Bertz CT molecular complexity index is 2350. The van der Waals surface area contributed by atoms with E-state index < -0.39 is 0 Å². The van der Waals surface area contributed by atoms with Gasteiger partial charge in [0.05, 0.1) is 24.5 Å². The first-order valence-electron chi connectivity index (χ1n) is 21.8. The second kappa shape index (κ2) is 32.7. The van der Waals surface area contributed by atoms with E-state index in [1.165, 1.54) is 44.5 Å². The van der Waals surface area contributed by atoms with Crippen LogP contribution in [0.3, 0.4) is 0 Å². The van der Waals surface area contributed by atoms with Gasteiger partial charge in [-0.25, -0.2) is 19.3 Å². The van der Waals surface area contributed by atoms with Crippen molar-refractivity contribution in [2.24, 2.45) is 0 Å². The number of thiophene rings is 1. The number of aryl methyl sites for hydroxylation is 12. The highest BCUT2D eigenvalue weighted by molar-refractivity contribution is 7.10. The largest absolute Gasteiger partial charge is 0.495 e. The Hall–Kier alpha value is -6.01. The van der Waals surface area contributed by atoms with Crippen LogP contribution in [0.4, 0.5) is 4.39 Å². The van der Waals surface area contributed by atoms with Crippen LogP contribution in [0.25, 0.3) is 0 Å². The second-order valence-corrected chi connectivity index (χ2v) is 17.7. The van der Waals surface area contributed by atoms with Crippen LogP contribution in [0, 0.1) is 117 Å². The topological polar surface area (TPSA) is 112 Å². The monoisotopic (exact) mass is 978 g/mol. The van der Waals surface area contributed by atoms with E-state index in [-0.39, 0.29) is 5.82 Å². The van der Waals surface area contributed by atoms with E-state index >= 15 is 0 Å². The van der Waals surface area contributed by atoms with E-state index in [2.05, 4.69) is 92.0 Å². The van der Waals surface area contributed by atoms with E-state index in [1.54, 1.807) is 62.7 Å². The molecule has 0 aliphatic rings. The van der Waals surface area contributed by atoms with Crippen molar-refractivity contribution < 1.29 is 9.13 Å². The average molecular weight is 980 g/mol. The first-order valence-corrected chi connectivity index (χ1v) is 23.4. The number of aromatic nitrogens is 8. The van der Waals surface area contributed by atoms with Gasteiger partial charge < -0.3 is 4.74 Å². The molecule has 0 amide bonds. The molecule has 8 aromatic heterocycles. The van der Waals surface area contributed by atoms with E-state index in [0.717, 1.165) is 55.5 Å². The fourth-order valence-electron chi connectivity index (χ4n) is 4.62. The zero-order chi connectivity index (χ0) is 51.3. The Labute approximate surface area is 419 Å². The van der Waals surface area contributed by atoms with Crippen molar-refractivity contribution >= 4 is 34.5 Å². The molecular formula is C55H69Cl2FN8OS. The zero-order valence-corrected chi connectivity index (χ0v) is 45.2. The Kier molecular flexibility index (Phi) is 28.8. The summed E-state index contributed by atoms with van der Waals surface area (Å²) in [7, 11) is 1.66. The lowest BCUT2D eigenvalue weighted by molar-refractivity contribution is 0.409. The van der Waals surface area contributed by atoms with Gasteiger partial charge >= 0.3 is 0 Å². The molecular weight excluding hydrogens is 911 g/mol. The fraction of sp³-hybridized carbons (Fsp3) is 0.309. The molecule has 0 aromatic carbocycles. The van der Waals surface area contributed by atoms with Gasteiger partial charge in [-0.1, -0.05) is 29.3 Å². The zero-order valence-electron chi connectivity index (χ0n) is 42.9. The summed E-state index contributed by atoms with van der Waals surface area (Å²) in [4.78, 5) is 32.7. The van der Waals surface area contributed by atoms with Gasteiger partial charge in [0.2, 0.25) is 0 Å². The molecule has 0 saturated carbocycles. The molecule has 0 radical (unpaired) electrons. The maximum Gasteiger partial charge on any atom is 0.144 e. The number of hydrogen-bond donors (Lipinski definition) is 0. The number of methoxy groups -OCH3 is 1. The van der Waals surface area contributed by atoms with Crippen molar-refractivity contribution in [2.75, 3.05) is 7.11 Å². The van der Waals surface area contributed by atoms with Crippen molar-refractivity contribution in [3.05, 3.63) is 215 Å². The Morgan fingerprint density at radius 3 is 1.37 bits per heavy atom. The van der Waals surface area contributed by atoms with E-state index in [0.29, 0.717) is 10.7 Å². The van der Waals surface area contributed by atoms with Gasteiger partial charge in [0.15, 0.2) is 0 Å². The number of halogens is 3. The molecule has 0 saturated heterocycles. The third kappa shape index (κ3) is 23.1. The number of hydrogen-bond acceptors (Lipinski definition) is 10. The lowest BCUT2D eigenvalue weighted by Gasteiger charge is -2.04. The minimum Gasteiger partial charge on any atom is -0.495 e. The summed E-state index contributed by atoms with van der Waals surface area (Å²) < 4.78 is 17.6. The molecule has 0 atom stereocenters. The van der Waals surface area contributed by atoms with Crippen LogP contribution in [0.5, 0.6) is 5.75 Å². The second-order valence-electron chi connectivity index (χ2n) is 15.8. The maximum absolute atomic E-state index is 12.5. The third-order valence-electron chi connectivity index (χ3n) is 10.7. The van der Waals surface area contributed by atoms with Gasteiger partial charge in [0.25, 0.3) is 0 Å². The van der Waals surface area contributed by atoms with Gasteiger partial charge in [-0.3, -0.25) is 24.9 Å². The molecule has 9 nitrogen and oxygen atoms in total. The van der Waals surface area contributed by atoms with Crippen LogP contribution >= 0.6 is 34.5 Å². The van der Waals surface area contributed by atoms with Crippen LogP contribution in [0.2, 0.25) is 10.2 Å². The molecule has 0 spiro atoms. The van der Waals surface area contributed by atoms with E-state index in [1.807, 2.05) is 118 Å². The standard InChI is InChI=1S/C8H11NO.2C7H8ClN.C7H8FN.2C7H9N.C6H8N2.C6H8S/c1-6-4-9-5-8(10-3)7(6)2;1-5-3-9-4-7(8)6(5)2;1-5-3-4-9-7(8)6(5)2;1-5-3-9-4-7(8)6(5)2;1-6-3-4-8-5-7(6)2;1-6-4-3-5-8-7(6)2;1-5-3-7-4-8-6(5)2;1-5-3-4-7-6(5)2/h4-5H,1-3H3;3*3-4H,1-2H3;2*3-5H,1-2H3;3-4H,1-2H3;3-4H,1-2H3. The van der Waals surface area contributed by atoms with E-state index in [4.69, 9.17) is 27.9 Å². The van der Waals surface area contributed by atoms with Crippen molar-refractivity contribution in [3.8, 4) is 5.75 Å². The number of nitrogens with zero attached hydrogens (tertiary/aromatic N) is 8. The summed E-state index contributed by atoms with van der Waals surface area (Å²) >= 11 is 13.3. The maximum atomic E-state index is 12.5.